The van der Waals surface area contributed by atoms with E-state index in [4.69, 9.17) is 0 Å². The van der Waals surface area contributed by atoms with Crippen molar-refractivity contribution in [3.05, 3.63) is 89.7 Å². The minimum absolute atomic E-state index is 0.103. The lowest BCUT2D eigenvalue weighted by molar-refractivity contribution is 0.0950. The molecule has 0 unspecified atom stereocenters. The second-order valence-electron chi connectivity index (χ2n) is 7.01. The topological polar surface area (TPSA) is 79.4 Å². The number of hydrogen-bond acceptors (Lipinski definition) is 4. The first kappa shape index (κ1) is 19.1. The van der Waals surface area contributed by atoms with E-state index in [0.717, 1.165) is 11.3 Å². The van der Waals surface area contributed by atoms with Crippen LogP contribution in [0.5, 0.6) is 0 Å². The van der Waals surface area contributed by atoms with Gasteiger partial charge >= 0.3 is 0 Å². The molecule has 0 saturated heterocycles. The molecule has 0 saturated carbocycles. The predicted molar refractivity (Wildman–Crippen MR) is 111 cm³/mol. The molecule has 148 valence electrons. The fourth-order valence-corrected chi connectivity index (χ4v) is 5.33. The maximum Gasteiger partial charge on any atom is 0.264 e. The standard InChI is InChI=1S/C22H21N3O3S/c1-16-13-17-7-2-3-11-21(17)25(16)29(27,28)20-10-6-8-18(14-20)22(26)24-15-19-9-4-5-12-23-19/h2-12,14,16H,13,15H2,1H3,(H,24,26)/t16-/m1/s1. The van der Waals surface area contributed by atoms with Gasteiger partial charge in [0.25, 0.3) is 15.9 Å². The number of para-hydroxylation sites is 1. The number of rotatable bonds is 5. The van der Waals surface area contributed by atoms with Crippen LogP contribution in [0.25, 0.3) is 0 Å². The van der Waals surface area contributed by atoms with E-state index in [-0.39, 0.29) is 23.4 Å². The minimum atomic E-state index is -3.78. The number of carbonyl (C=O) groups is 1. The van der Waals surface area contributed by atoms with Gasteiger partial charge in [0.05, 0.1) is 22.8 Å². The van der Waals surface area contributed by atoms with Gasteiger partial charge in [-0.3, -0.25) is 14.1 Å². The molecule has 1 aromatic heterocycles. The summed E-state index contributed by atoms with van der Waals surface area (Å²) in [5, 5.41) is 2.78. The molecule has 0 fully saturated rings. The highest BCUT2D eigenvalue weighted by molar-refractivity contribution is 7.92. The van der Waals surface area contributed by atoms with Crippen LogP contribution in [0.3, 0.4) is 0 Å². The van der Waals surface area contributed by atoms with Crippen molar-refractivity contribution in [1.82, 2.24) is 10.3 Å². The van der Waals surface area contributed by atoms with Gasteiger partial charge in [0.1, 0.15) is 0 Å². The summed E-state index contributed by atoms with van der Waals surface area (Å²) in [7, 11) is -3.78. The van der Waals surface area contributed by atoms with Crippen molar-refractivity contribution >= 4 is 21.6 Å². The average Bonchev–Trinajstić information content (AvgIpc) is 3.09. The predicted octanol–water partition coefficient (Wildman–Crippen LogP) is 3.15. The summed E-state index contributed by atoms with van der Waals surface area (Å²) in [4.78, 5) is 16.8. The van der Waals surface area contributed by atoms with Gasteiger partial charge in [-0.15, -0.1) is 0 Å². The van der Waals surface area contributed by atoms with Crippen LogP contribution < -0.4 is 9.62 Å². The number of aromatic nitrogens is 1. The Morgan fingerprint density at radius 3 is 2.69 bits per heavy atom. The highest BCUT2D eigenvalue weighted by Gasteiger charge is 2.36. The smallest absolute Gasteiger partial charge is 0.264 e. The molecule has 0 bridgehead atoms. The lowest BCUT2D eigenvalue weighted by atomic mass is 10.1. The number of fused-ring (bicyclic) bond motifs is 1. The fraction of sp³-hybridized carbons (Fsp3) is 0.182. The Morgan fingerprint density at radius 2 is 1.90 bits per heavy atom. The fourth-order valence-electron chi connectivity index (χ4n) is 3.59. The van der Waals surface area contributed by atoms with Gasteiger partial charge in [0.15, 0.2) is 0 Å². The summed E-state index contributed by atoms with van der Waals surface area (Å²) < 4.78 is 28.1. The van der Waals surface area contributed by atoms with E-state index in [2.05, 4.69) is 10.3 Å². The zero-order valence-corrected chi connectivity index (χ0v) is 16.8. The maximum atomic E-state index is 13.3. The molecule has 0 radical (unpaired) electrons. The van der Waals surface area contributed by atoms with Crippen molar-refractivity contribution in [3.63, 3.8) is 0 Å². The number of benzene rings is 2. The molecule has 1 aliphatic rings. The SMILES string of the molecule is C[C@@H]1Cc2ccccc2N1S(=O)(=O)c1cccc(C(=O)NCc2ccccn2)c1. The van der Waals surface area contributed by atoms with Crippen molar-refractivity contribution in [1.29, 1.82) is 0 Å². The molecule has 2 aromatic carbocycles. The molecule has 4 rings (SSSR count). The first-order valence-electron chi connectivity index (χ1n) is 9.37. The van der Waals surface area contributed by atoms with Crippen LogP contribution in [0.1, 0.15) is 28.5 Å². The number of amides is 1. The van der Waals surface area contributed by atoms with Gasteiger partial charge in [-0.1, -0.05) is 30.3 Å². The number of pyridine rings is 1. The number of carbonyl (C=O) groups excluding carboxylic acids is 1. The quantitative estimate of drug-likeness (QED) is 0.705. The van der Waals surface area contributed by atoms with E-state index in [9.17, 15) is 13.2 Å². The van der Waals surface area contributed by atoms with Crippen LogP contribution in [-0.4, -0.2) is 25.4 Å². The van der Waals surface area contributed by atoms with Crippen molar-refractivity contribution in [3.8, 4) is 0 Å². The number of anilines is 1. The third kappa shape index (κ3) is 3.73. The van der Waals surface area contributed by atoms with Crippen molar-refractivity contribution in [2.75, 3.05) is 4.31 Å². The first-order valence-corrected chi connectivity index (χ1v) is 10.8. The second kappa shape index (κ2) is 7.67. The third-order valence-corrected chi connectivity index (χ3v) is 6.88. The molecule has 0 spiro atoms. The summed E-state index contributed by atoms with van der Waals surface area (Å²) >= 11 is 0. The highest BCUT2D eigenvalue weighted by Crippen LogP contribution is 2.36. The highest BCUT2D eigenvalue weighted by atomic mass is 32.2. The number of nitrogens with one attached hydrogen (secondary N) is 1. The van der Waals surface area contributed by atoms with Gasteiger partial charge in [0, 0.05) is 17.8 Å². The van der Waals surface area contributed by atoms with Crippen molar-refractivity contribution in [2.45, 2.75) is 30.8 Å². The number of hydrogen-bond donors (Lipinski definition) is 1. The van der Waals surface area contributed by atoms with Crippen LogP contribution in [-0.2, 0) is 23.0 Å². The average molecular weight is 407 g/mol. The Balaban J connectivity index is 1.59. The summed E-state index contributed by atoms with van der Waals surface area (Å²) in [5.74, 6) is -0.345. The van der Waals surface area contributed by atoms with Crippen LogP contribution in [0.2, 0.25) is 0 Å². The summed E-state index contributed by atoms with van der Waals surface area (Å²) in [5.41, 5.74) is 2.73. The van der Waals surface area contributed by atoms with Crippen molar-refractivity contribution < 1.29 is 13.2 Å². The molecule has 3 aromatic rings. The molecule has 0 aliphatic carbocycles. The van der Waals surface area contributed by atoms with E-state index in [1.54, 1.807) is 24.4 Å². The lowest BCUT2D eigenvalue weighted by Gasteiger charge is -2.24. The molecule has 6 nitrogen and oxygen atoms in total. The molecule has 29 heavy (non-hydrogen) atoms. The zero-order valence-electron chi connectivity index (χ0n) is 15.9. The van der Waals surface area contributed by atoms with Gasteiger partial charge in [-0.2, -0.15) is 0 Å². The van der Waals surface area contributed by atoms with Gasteiger partial charge in [-0.25, -0.2) is 8.42 Å². The number of sulfonamides is 1. The van der Waals surface area contributed by atoms with E-state index < -0.39 is 10.0 Å². The van der Waals surface area contributed by atoms with Crippen molar-refractivity contribution in [2.24, 2.45) is 0 Å². The van der Waals surface area contributed by atoms with E-state index in [0.29, 0.717) is 17.7 Å². The molecule has 7 heteroatoms. The van der Waals surface area contributed by atoms with E-state index in [1.807, 2.05) is 43.3 Å². The Labute approximate surface area is 170 Å². The number of nitrogens with zero attached hydrogens (tertiary/aromatic N) is 2. The molecular weight excluding hydrogens is 386 g/mol. The van der Waals surface area contributed by atoms with E-state index >= 15 is 0 Å². The van der Waals surface area contributed by atoms with Crippen LogP contribution in [0.15, 0.2) is 77.8 Å². The van der Waals surface area contributed by atoms with Gasteiger partial charge in [0.2, 0.25) is 0 Å². The largest absolute Gasteiger partial charge is 0.346 e. The monoisotopic (exact) mass is 407 g/mol. The molecule has 1 atom stereocenters. The summed E-state index contributed by atoms with van der Waals surface area (Å²) in [6.07, 6.45) is 2.32. The summed E-state index contributed by atoms with van der Waals surface area (Å²) in [6, 6.07) is 18.9. The zero-order chi connectivity index (χ0) is 20.4. The molecule has 1 aliphatic heterocycles. The Morgan fingerprint density at radius 1 is 1.10 bits per heavy atom. The lowest BCUT2D eigenvalue weighted by Crippen LogP contribution is -2.35. The van der Waals surface area contributed by atoms with Crippen LogP contribution in [0, 0.1) is 0 Å². The Hall–Kier alpha value is -3.19. The van der Waals surface area contributed by atoms with Crippen LogP contribution >= 0.6 is 0 Å². The van der Waals surface area contributed by atoms with E-state index in [1.165, 1.54) is 16.4 Å². The Kier molecular flexibility index (Phi) is 5.07. The molecule has 2 heterocycles. The molecular formula is C22H21N3O3S. The minimum Gasteiger partial charge on any atom is -0.346 e. The third-order valence-electron chi connectivity index (χ3n) is 4.95. The van der Waals surface area contributed by atoms with Gasteiger partial charge in [-0.05, 0) is 55.3 Å². The van der Waals surface area contributed by atoms with Crippen LogP contribution in [0.4, 0.5) is 5.69 Å². The second-order valence-corrected chi connectivity index (χ2v) is 8.83. The molecule has 1 N–H and O–H groups in total. The molecule has 1 amide bonds. The first-order chi connectivity index (χ1) is 14.0. The Bertz CT molecular complexity index is 1150. The van der Waals surface area contributed by atoms with Gasteiger partial charge < -0.3 is 5.32 Å². The maximum absolute atomic E-state index is 13.3. The summed E-state index contributed by atoms with van der Waals surface area (Å²) in [6.45, 7) is 2.16. The normalized spacial score (nSPS) is 15.8.